The van der Waals surface area contributed by atoms with Crippen LogP contribution in [0.2, 0.25) is 5.15 Å². The Kier molecular flexibility index (Phi) is 3.35. The van der Waals surface area contributed by atoms with E-state index >= 15 is 0 Å². The fourth-order valence-corrected chi connectivity index (χ4v) is 2.50. The zero-order valence-electron chi connectivity index (χ0n) is 11.0. The minimum absolute atomic E-state index is 0.0115. The zero-order chi connectivity index (χ0) is 15.0. The van der Waals surface area contributed by atoms with E-state index in [1.54, 1.807) is 18.2 Å². The molecule has 5 nitrogen and oxygen atoms in total. The quantitative estimate of drug-likeness (QED) is 0.805. The molecule has 0 radical (unpaired) electrons. The molecule has 0 spiro atoms. The van der Waals surface area contributed by atoms with Crippen LogP contribution in [0, 0.1) is 0 Å². The van der Waals surface area contributed by atoms with Crippen molar-refractivity contribution in [3.05, 3.63) is 53.2 Å². The van der Waals surface area contributed by atoms with E-state index in [9.17, 15) is 9.90 Å². The van der Waals surface area contributed by atoms with Gasteiger partial charge in [0.25, 0.3) is 0 Å². The first-order valence-electron chi connectivity index (χ1n) is 6.36. The van der Waals surface area contributed by atoms with Crippen molar-refractivity contribution in [1.29, 1.82) is 0 Å². The van der Waals surface area contributed by atoms with Crippen LogP contribution in [-0.4, -0.2) is 22.7 Å². The van der Waals surface area contributed by atoms with Gasteiger partial charge in [-0.1, -0.05) is 24.2 Å². The van der Waals surface area contributed by atoms with E-state index in [4.69, 9.17) is 11.6 Å². The van der Waals surface area contributed by atoms with Crippen LogP contribution >= 0.6 is 11.6 Å². The number of rotatable bonds is 3. The lowest BCUT2D eigenvalue weighted by atomic mass is 10.0. The summed E-state index contributed by atoms with van der Waals surface area (Å²) in [4.78, 5) is 12.9. The molecule has 0 amide bonds. The molecule has 0 N–H and O–H groups in total. The highest BCUT2D eigenvalue weighted by Crippen LogP contribution is 2.34. The van der Waals surface area contributed by atoms with Gasteiger partial charge < -0.3 is 14.8 Å². The smallest absolute Gasteiger partial charge is 0.155 e. The van der Waals surface area contributed by atoms with Crippen molar-refractivity contribution in [2.24, 2.45) is 0 Å². The van der Waals surface area contributed by atoms with Crippen molar-refractivity contribution >= 4 is 34.6 Å². The first kappa shape index (κ1) is 13.6. The molecular weight excluding hydrogens is 290 g/mol. The van der Waals surface area contributed by atoms with Gasteiger partial charge in [0.2, 0.25) is 0 Å². The van der Waals surface area contributed by atoms with Gasteiger partial charge in [-0.25, -0.2) is 0 Å². The number of carbonyl (C=O) groups is 1. The molecule has 1 aromatic carbocycles. The molecule has 0 unspecified atom stereocenters. The lowest BCUT2D eigenvalue weighted by Gasteiger charge is -2.18. The predicted molar refractivity (Wildman–Crippen MR) is 78.2 cm³/mol. The molecular formula is C15H11ClN3O2-. The van der Waals surface area contributed by atoms with Crippen molar-refractivity contribution in [2.75, 3.05) is 11.4 Å². The second-order valence-electron chi connectivity index (χ2n) is 4.73. The Morgan fingerprint density at radius 2 is 2.10 bits per heavy atom. The number of nitrogens with zero attached hydrogens (tertiary/aromatic N) is 3. The Balaban J connectivity index is 1.95. The van der Waals surface area contributed by atoms with Gasteiger partial charge in [-0.3, -0.25) is 0 Å². The largest absolute Gasteiger partial charge is 0.545 e. The molecule has 1 aromatic heterocycles. The highest BCUT2D eigenvalue weighted by molar-refractivity contribution is 6.29. The number of anilines is 2. The highest BCUT2D eigenvalue weighted by atomic mass is 35.5. The van der Waals surface area contributed by atoms with Crippen molar-refractivity contribution in [3.63, 3.8) is 0 Å². The van der Waals surface area contributed by atoms with Crippen LogP contribution in [0.15, 0.2) is 36.9 Å². The number of aromatic nitrogens is 2. The molecule has 1 aliphatic rings. The Morgan fingerprint density at radius 1 is 1.29 bits per heavy atom. The minimum atomic E-state index is -1.26. The number of carboxylic acid groups (broad SMARTS) is 1. The lowest BCUT2D eigenvalue weighted by Crippen LogP contribution is -2.23. The average molecular weight is 301 g/mol. The van der Waals surface area contributed by atoms with Crippen molar-refractivity contribution in [1.82, 2.24) is 10.2 Å². The van der Waals surface area contributed by atoms with E-state index in [1.807, 2.05) is 17.0 Å². The molecule has 21 heavy (non-hydrogen) atoms. The number of hydrogen-bond donors (Lipinski definition) is 0. The Morgan fingerprint density at radius 3 is 2.76 bits per heavy atom. The van der Waals surface area contributed by atoms with Gasteiger partial charge in [-0.15, -0.1) is 10.2 Å². The van der Waals surface area contributed by atoms with Gasteiger partial charge in [0.1, 0.15) is 0 Å². The van der Waals surface area contributed by atoms with Crippen LogP contribution < -0.4 is 10.0 Å². The van der Waals surface area contributed by atoms with Gasteiger partial charge >= 0.3 is 0 Å². The van der Waals surface area contributed by atoms with E-state index in [2.05, 4.69) is 16.8 Å². The van der Waals surface area contributed by atoms with Crippen LogP contribution in [0.4, 0.5) is 11.5 Å². The number of carbonyl (C=O) groups excluding carboxylic acids is 1. The fourth-order valence-electron chi connectivity index (χ4n) is 2.40. The maximum absolute atomic E-state index is 10.9. The number of halogens is 1. The van der Waals surface area contributed by atoms with Crippen molar-refractivity contribution < 1.29 is 9.90 Å². The van der Waals surface area contributed by atoms with Crippen LogP contribution in [0.5, 0.6) is 0 Å². The molecule has 0 saturated heterocycles. The topological polar surface area (TPSA) is 69.2 Å². The normalized spacial score (nSPS) is 13.1. The van der Waals surface area contributed by atoms with Gasteiger partial charge in [-0.05, 0) is 47.4 Å². The summed E-state index contributed by atoms with van der Waals surface area (Å²) in [5, 5.41) is 19.1. The number of carboxylic acids is 1. The summed E-state index contributed by atoms with van der Waals surface area (Å²) >= 11 is 5.74. The first-order valence-corrected chi connectivity index (χ1v) is 6.74. The number of fused-ring (bicyclic) bond motifs is 1. The predicted octanol–water partition coefficient (Wildman–Crippen LogP) is 1.59. The van der Waals surface area contributed by atoms with Gasteiger partial charge in [0.05, 0.1) is 5.97 Å². The van der Waals surface area contributed by atoms with Gasteiger partial charge in [0, 0.05) is 12.2 Å². The third-order valence-electron chi connectivity index (χ3n) is 3.46. The monoisotopic (exact) mass is 300 g/mol. The summed E-state index contributed by atoms with van der Waals surface area (Å²) < 4.78 is 0. The average Bonchev–Trinajstić information content (AvgIpc) is 2.90. The van der Waals surface area contributed by atoms with Gasteiger partial charge in [-0.2, -0.15) is 0 Å². The van der Waals surface area contributed by atoms with E-state index < -0.39 is 5.97 Å². The van der Waals surface area contributed by atoms with E-state index in [-0.39, 0.29) is 5.57 Å². The first-order chi connectivity index (χ1) is 10.1. The molecule has 3 rings (SSSR count). The minimum Gasteiger partial charge on any atom is -0.545 e. The highest BCUT2D eigenvalue weighted by Gasteiger charge is 2.22. The van der Waals surface area contributed by atoms with Crippen LogP contribution in [0.25, 0.3) is 5.57 Å². The Bertz CT molecular complexity index is 728. The molecule has 106 valence electrons. The molecule has 0 saturated carbocycles. The molecule has 0 bridgehead atoms. The number of aliphatic carboxylic acids is 1. The lowest BCUT2D eigenvalue weighted by molar-refractivity contribution is -0.295. The summed E-state index contributed by atoms with van der Waals surface area (Å²) in [6, 6.07) is 8.91. The Labute approximate surface area is 126 Å². The van der Waals surface area contributed by atoms with Crippen molar-refractivity contribution in [3.8, 4) is 0 Å². The maximum atomic E-state index is 10.9. The molecule has 0 fully saturated rings. The third kappa shape index (κ3) is 2.48. The second-order valence-corrected chi connectivity index (χ2v) is 5.11. The molecule has 2 aromatic rings. The van der Waals surface area contributed by atoms with Crippen LogP contribution in [0.1, 0.15) is 11.1 Å². The standard InChI is InChI=1S/C15H12ClN3O2/c1-9(15(20)21)10-2-3-12-11(8-10)6-7-19(12)14-5-4-13(16)17-18-14/h2-5,8H,1,6-7H2,(H,20,21)/p-1. The molecule has 6 heteroatoms. The molecule has 0 aliphatic carbocycles. The molecule has 2 heterocycles. The summed E-state index contributed by atoms with van der Waals surface area (Å²) in [6.45, 7) is 4.28. The summed E-state index contributed by atoms with van der Waals surface area (Å²) in [6.07, 6.45) is 0.799. The summed E-state index contributed by atoms with van der Waals surface area (Å²) in [7, 11) is 0. The summed E-state index contributed by atoms with van der Waals surface area (Å²) in [5.74, 6) is -0.544. The van der Waals surface area contributed by atoms with Crippen LogP contribution in [-0.2, 0) is 11.2 Å². The Hall–Kier alpha value is -2.40. The fraction of sp³-hybridized carbons (Fsp3) is 0.133. The zero-order valence-corrected chi connectivity index (χ0v) is 11.8. The second kappa shape index (κ2) is 5.18. The van der Waals surface area contributed by atoms with Gasteiger partial charge in [0.15, 0.2) is 11.0 Å². The number of benzene rings is 1. The third-order valence-corrected chi connectivity index (χ3v) is 3.67. The maximum Gasteiger partial charge on any atom is 0.155 e. The molecule has 0 atom stereocenters. The van der Waals surface area contributed by atoms with E-state index in [0.29, 0.717) is 16.5 Å². The summed E-state index contributed by atoms with van der Waals surface area (Å²) in [5.41, 5.74) is 2.59. The van der Waals surface area contributed by atoms with E-state index in [1.165, 1.54) is 0 Å². The van der Waals surface area contributed by atoms with Crippen molar-refractivity contribution in [2.45, 2.75) is 6.42 Å². The van der Waals surface area contributed by atoms with E-state index in [0.717, 1.165) is 24.2 Å². The number of hydrogen-bond acceptors (Lipinski definition) is 5. The SMILES string of the molecule is C=C(C(=O)[O-])c1ccc2c(c1)CCN2c1ccc(Cl)nn1. The molecule has 1 aliphatic heterocycles. The van der Waals surface area contributed by atoms with Crippen LogP contribution in [0.3, 0.4) is 0 Å².